The van der Waals surface area contributed by atoms with Crippen molar-refractivity contribution in [1.29, 1.82) is 0 Å². The molecule has 15 atom stereocenters. The number of rotatable bonds is 9. The van der Waals surface area contributed by atoms with Crippen LogP contribution in [0.3, 0.4) is 0 Å². The summed E-state index contributed by atoms with van der Waals surface area (Å²) in [5.41, 5.74) is 1.49. The minimum atomic E-state index is -2.55. The Bertz CT molecular complexity index is 1890. The number of hydrogen-bond donors (Lipinski definition) is 4. The predicted molar refractivity (Wildman–Crippen MR) is 238 cm³/mol. The molecule has 14 nitrogen and oxygen atoms in total. The van der Waals surface area contributed by atoms with Crippen molar-refractivity contribution >= 4 is 23.4 Å². The normalized spacial score (nSPS) is 37.5. The van der Waals surface area contributed by atoms with Gasteiger partial charge in [-0.05, 0) is 113 Å². The van der Waals surface area contributed by atoms with Gasteiger partial charge in [0.05, 0.1) is 37.1 Å². The molecule has 2 saturated heterocycles. The summed E-state index contributed by atoms with van der Waals surface area (Å²) in [5.74, 6) is -9.98. The van der Waals surface area contributed by atoms with E-state index in [-0.39, 0.29) is 62.0 Å². The number of ether oxygens (including phenoxy) is 5. The Morgan fingerprint density at radius 2 is 1.59 bits per heavy atom. The molecule has 66 heavy (non-hydrogen) atoms. The summed E-state index contributed by atoms with van der Waals surface area (Å²) >= 11 is 0. The number of aliphatic hydroxyl groups excluding tert-OH is 3. The third-order valence-electron chi connectivity index (χ3n) is 14.3. The van der Waals surface area contributed by atoms with Crippen molar-refractivity contribution in [2.24, 2.45) is 29.6 Å². The number of amides is 1. The lowest BCUT2D eigenvalue weighted by Crippen LogP contribution is -2.64. The van der Waals surface area contributed by atoms with Gasteiger partial charge in [-0.15, -0.1) is 0 Å². The molecule has 3 heterocycles. The molecule has 1 aromatic rings. The number of allylic oxidation sites excluding steroid dienone is 3. The van der Waals surface area contributed by atoms with Gasteiger partial charge in [-0.2, -0.15) is 0 Å². The number of carbonyl (C=O) groups is 4. The highest BCUT2D eigenvalue weighted by atomic mass is 19.1. The molecule has 1 saturated carbocycles. The minimum Gasteiger partial charge on any atom is -0.456 e. The van der Waals surface area contributed by atoms with E-state index in [9.17, 15) is 48.4 Å². The van der Waals surface area contributed by atoms with Crippen LogP contribution < -0.4 is 0 Å². The highest BCUT2D eigenvalue weighted by Gasteiger charge is 2.56. The van der Waals surface area contributed by atoms with Gasteiger partial charge < -0.3 is 49.0 Å². The van der Waals surface area contributed by atoms with E-state index < -0.39 is 108 Å². The van der Waals surface area contributed by atoms with Crippen molar-refractivity contribution < 1.29 is 72.1 Å². The molecule has 0 radical (unpaired) electrons. The second-order valence-corrected chi connectivity index (χ2v) is 19.5. The Labute approximate surface area is 388 Å². The van der Waals surface area contributed by atoms with Crippen molar-refractivity contribution in [3.8, 4) is 0 Å². The monoisotopic (exact) mass is 934 g/mol. The smallest absolute Gasteiger partial charge is 0.329 e. The number of fused-ring (bicyclic) bond motifs is 3. The van der Waals surface area contributed by atoms with E-state index in [1.165, 1.54) is 14.2 Å². The van der Waals surface area contributed by atoms with Crippen molar-refractivity contribution in [3.63, 3.8) is 0 Å². The molecule has 15 unspecified atom stereocenters. The fourth-order valence-corrected chi connectivity index (χ4v) is 10.4. The Hall–Kier alpha value is -3.48. The van der Waals surface area contributed by atoms with Gasteiger partial charge in [0.15, 0.2) is 0 Å². The molecule has 3 aliphatic heterocycles. The number of carbonyl (C=O) groups excluding carboxylic acids is 4. The maximum atomic E-state index is 14.4. The first kappa shape index (κ1) is 53.5. The third kappa shape index (κ3) is 13.0. The average molecular weight is 934 g/mol. The Morgan fingerprint density at radius 1 is 0.924 bits per heavy atom. The van der Waals surface area contributed by atoms with E-state index in [4.69, 9.17) is 23.7 Å². The van der Waals surface area contributed by atoms with Crippen LogP contribution in [-0.4, -0.2) is 131 Å². The Kier molecular flexibility index (Phi) is 19.2. The van der Waals surface area contributed by atoms with Gasteiger partial charge in [0.1, 0.15) is 41.8 Å². The summed E-state index contributed by atoms with van der Waals surface area (Å²) in [6.07, 6.45) is 0.0359. The van der Waals surface area contributed by atoms with Crippen molar-refractivity contribution in [1.82, 2.24) is 4.90 Å². The zero-order valence-electron chi connectivity index (χ0n) is 39.8. The van der Waals surface area contributed by atoms with E-state index >= 15 is 0 Å². The largest absolute Gasteiger partial charge is 0.456 e. The number of ketones is 2. The first-order valence-corrected chi connectivity index (χ1v) is 23.7. The molecule has 16 heteroatoms. The molecule has 4 N–H and O–H groups in total. The van der Waals surface area contributed by atoms with E-state index in [1.807, 2.05) is 32.9 Å². The van der Waals surface area contributed by atoms with Crippen LogP contribution in [0.1, 0.15) is 124 Å². The van der Waals surface area contributed by atoms with Crippen molar-refractivity contribution in [2.45, 2.75) is 173 Å². The van der Waals surface area contributed by atoms with E-state index in [1.54, 1.807) is 20.8 Å². The number of esters is 1. The van der Waals surface area contributed by atoms with E-state index in [0.717, 1.165) is 22.6 Å². The maximum Gasteiger partial charge on any atom is 0.329 e. The second kappa shape index (κ2) is 23.7. The number of halogens is 2. The van der Waals surface area contributed by atoms with Crippen LogP contribution in [0, 0.1) is 41.2 Å². The van der Waals surface area contributed by atoms with Crippen molar-refractivity contribution in [3.05, 3.63) is 58.7 Å². The maximum absolute atomic E-state index is 14.4. The molecule has 0 spiro atoms. The van der Waals surface area contributed by atoms with Gasteiger partial charge in [-0.25, -0.2) is 13.6 Å². The first-order chi connectivity index (χ1) is 31.2. The quantitative estimate of drug-likeness (QED) is 0.131. The van der Waals surface area contributed by atoms with Gasteiger partial charge in [-0.1, -0.05) is 45.4 Å². The van der Waals surface area contributed by atoms with Crippen LogP contribution in [0.5, 0.6) is 0 Å². The van der Waals surface area contributed by atoms with Gasteiger partial charge in [0.2, 0.25) is 5.79 Å². The number of piperidine rings is 1. The number of nitrogens with zero attached hydrogens (tertiary/aromatic N) is 1. The number of methoxy groups -OCH3 is 2. The number of cyclic esters (lactones) is 1. The summed E-state index contributed by atoms with van der Waals surface area (Å²) in [6, 6.07) is 1.52. The predicted octanol–water partition coefficient (Wildman–Crippen LogP) is 5.85. The molecular formula is C50H73F2NO13. The Balaban J connectivity index is 1.43. The average Bonchev–Trinajstić information content (AvgIpc) is 3.27. The van der Waals surface area contributed by atoms with Crippen LogP contribution >= 0.6 is 0 Å². The summed E-state index contributed by atoms with van der Waals surface area (Å²) in [7, 11) is 3.02. The zero-order chi connectivity index (χ0) is 48.6. The molecule has 370 valence electrons. The standard InChI is InChI=1S/C50H73F2NO13/c1-9-33-17-27(2)16-28(3)18-43(62-7)46-44(63-8)20-30(5)50(61,66-46)47(58)48(59)53-15-11-10-12-37(53)49(60)65-45(31(6)38(54)25-39(33)55)29(4)19-32-13-14-42(40(56)21-32)64-26-41(57)34-22-35(51)24-36(52)23-34/h17,19,22-24,28,30-33,37-38,40-46,54,56-57,61H,9-16,18,20-21,25-26H2,1-8H3/b27-17+,29-19?. The lowest BCUT2D eigenvalue weighted by molar-refractivity contribution is -0.302. The molecule has 1 amide bonds. The number of benzene rings is 1. The zero-order valence-corrected chi connectivity index (χ0v) is 39.8. The van der Waals surface area contributed by atoms with Crippen LogP contribution in [-0.2, 0) is 42.9 Å². The van der Waals surface area contributed by atoms with Crippen LogP contribution in [0.2, 0.25) is 0 Å². The summed E-state index contributed by atoms with van der Waals surface area (Å²) in [4.78, 5) is 58.1. The topological polar surface area (TPSA) is 199 Å². The van der Waals surface area contributed by atoms with Crippen molar-refractivity contribution in [2.75, 3.05) is 27.4 Å². The molecule has 5 rings (SSSR count). The lowest BCUT2D eigenvalue weighted by Gasteiger charge is -2.47. The van der Waals surface area contributed by atoms with Gasteiger partial charge in [0.25, 0.3) is 11.7 Å². The fraction of sp³-hybridized carbons (Fsp3) is 0.720. The highest BCUT2D eigenvalue weighted by molar-refractivity contribution is 6.39. The lowest BCUT2D eigenvalue weighted by atomic mass is 9.81. The molecule has 1 aliphatic carbocycles. The molecule has 3 fully saturated rings. The highest BCUT2D eigenvalue weighted by Crippen LogP contribution is 2.39. The number of Topliss-reactive ketones (excluding diaryl/α,β-unsaturated/α-hetero) is 2. The summed E-state index contributed by atoms with van der Waals surface area (Å²) in [6.45, 7) is 10.6. The van der Waals surface area contributed by atoms with Crippen LogP contribution in [0.4, 0.5) is 8.78 Å². The second-order valence-electron chi connectivity index (χ2n) is 19.5. The first-order valence-electron chi connectivity index (χ1n) is 23.7. The molecule has 4 aliphatic rings. The molecular weight excluding hydrogens is 861 g/mol. The molecule has 2 bridgehead atoms. The number of hydrogen-bond acceptors (Lipinski definition) is 13. The van der Waals surface area contributed by atoms with Gasteiger partial charge >= 0.3 is 5.97 Å². The van der Waals surface area contributed by atoms with E-state index in [0.29, 0.717) is 56.6 Å². The summed E-state index contributed by atoms with van der Waals surface area (Å²) in [5, 5.41) is 45.5. The van der Waals surface area contributed by atoms with Gasteiger partial charge in [-0.3, -0.25) is 14.4 Å². The number of aliphatic hydroxyl groups is 4. The Morgan fingerprint density at radius 3 is 2.23 bits per heavy atom. The van der Waals surface area contributed by atoms with Crippen LogP contribution in [0.25, 0.3) is 0 Å². The summed E-state index contributed by atoms with van der Waals surface area (Å²) < 4.78 is 57.6. The third-order valence-corrected chi connectivity index (χ3v) is 14.3. The SMILES string of the molecule is CCC1/C=C(\C)CC(C)CC(OC)C2OC(O)(C(=O)C(=O)N3CCCCC3C(=O)OC(C(C)=CC3CCC(OCC(O)c4cc(F)cc(F)c4)C(O)C3)C(C)C(O)CC1=O)C(C)CC2OC. The van der Waals surface area contributed by atoms with Gasteiger partial charge in [0, 0.05) is 51.0 Å². The molecule has 1 aromatic carbocycles. The fourth-order valence-electron chi connectivity index (χ4n) is 10.4. The van der Waals surface area contributed by atoms with E-state index in [2.05, 4.69) is 0 Å². The molecule has 0 aromatic heterocycles. The minimum absolute atomic E-state index is 0.00608. The van der Waals surface area contributed by atoms with Crippen LogP contribution in [0.15, 0.2) is 41.5 Å².